The van der Waals surface area contributed by atoms with E-state index in [2.05, 4.69) is 0 Å². The Balaban J connectivity index is 2.18. The van der Waals surface area contributed by atoms with Gasteiger partial charge in [0.2, 0.25) is 10.0 Å². The molecule has 20 heavy (non-hydrogen) atoms. The summed E-state index contributed by atoms with van der Waals surface area (Å²) in [5.74, 6) is -0.163. The van der Waals surface area contributed by atoms with Crippen LogP contribution in [0.2, 0.25) is 0 Å². The van der Waals surface area contributed by atoms with Gasteiger partial charge in [0.25, 0.3) is 0 Å². The highest BCUT2D eigenvalue weighted by Crippen LogP contribution is 2.27. The van der Waals surface area contributed by atoms with Crippen LogP contribution in [-0.2, 0) is 14.8 Å². The van der Waals surface area contributed by atoms with Gasteiger partial charge in [-0.25, -0.2) is 12.8 Å². The Labute approximate surface area is 119 Å². The number of hydrogen-bond donors (Lipinski definition) is 0. The second-order valence-electron chi connectivity index (χ2n) is 5.12. The van der Waals surface area contributed by atoms with Crippen molar-refractivity contribution in [2.24, 2.45) is 0 Å². The minimum absolute atomic E-state index is 0.149. The molecule has 1 heterocycles. The van der Waals surface area contributed by atoms with Gasteiger partial charge in [-0.3, -0.25) is 0 Å². The van der Waals surface area contributed by atoms with Gasteiger partial charge in [0, 0.05) is 13.1 Å². The maximum absolute atomic E-state index is 12.9. The number of ether oxygens (including phenoxy) is 1. The van der Waals surface area contributed by atoms with Crippen LogP contribution in [0.15, 0.2) is 24.3 Å². The van der Waals surface area contributed by atoms with Crippen molar-refractivity contribution in [3.05, 3.63) is 35.6 Å². The molecule has 2 rings (SSSR count). The molecule has 0 bridgehead atoms. The Bertz CT molecular complexity index is 544. The van der Waals surface area contributed by atoms with E-state index in [0.717, 1.165) is 5.56 Å². The molecule has 1 aromatic carbocycles. The van der Waals surface area contributed by atoms with Crippen LogP contribution in [-0.4, -0.2) is 37.7 Å². The lowest BCUT2D eigenvalue weighted by Crippen LogP contribution is -2.46. The maximum atomic E-state index is 12.9. The quantitative estimate of drug-likeness (QED) is 0.857. The molecule has 1 aliphatic rings. The summed E-state index contributed by atoms with van der Waals surface area (Å²) in [5.41, 5.74) is 0.801. The monoisotopic (exact) mass is 301 g/mol. The molecule has 112 valence electrons. The third kappa shape index (κ3) is 3.56. The molecule has 0 radical (unpaired) electrons. The molecular formula is C14H20FNO3S. The van der Waals surface area contributed by atoms with Crippen molar-refractivity contribution in [3.63, 3.8) is 0 Å². The Hall–Kier alpha value is -0.980. The molecule has 0 aromatic heterocycles. The van der Waals surface area contributed by atoms with E-state index in [4.69, 9.17) is 4.74 Å². The topological polar surface area (TPSA) is 46.6 Å². The van der Waals surface area contributed by atoms with Crippen molar-refractivity contribution >= 4 is 10.0 Å². The average molecular weight is 301 g/mol. The van der Waals surface area contributed by atoms with E-state index in [9.17, 15) is 12.8 Å². The molecule has 2 unspecified atom stereocenters. The van der Waals surface area contributed by atoms with Crippen molar-refractivity contribution in [1.82, 2.24) is 4.31 Å². The van der Waals surface area contributed by atoms with Crippen LogP contribution in [0.25, 0.3) is 0 Å². The number of hydrogen-bond acceptors (Lipinski definition) is 3. The number of morpholine rings is 1. The summed E-state index contributed by atoms with van der Waals surface area (Å²) >= 11 is 0. The maximum Gasteiger partial charge on any atom is 0.214 e. The summed E-state index contributed by atoms with van der Waals surface area (Å²) in [4.78, 5) is 0. The van der Waals surface area contributed by atoms with E-state index < -0.39 is 10.0 Å². The third-order valence-corrected chi connectivity index (χ3v) is 5.33. The van der Waals surface area contributed by atoms with E-state index in [0.29, 0.717) is 13.0 Å². The molecule has 0 spiro atoms. The van der Waals surface area contributed by atoms with Gasteiger partial charge in [0.1, 0.15) is 5.82 Å². The van der Waals surface area contributed by atoms with Crippen molar-refractivity contribution in [2.45, 2.75) is 32.5 Å². The molecule has 2 atom stereocenters. The van der Waals surface area contributed by atoms with Gasteiger partial charge in [-0.05, 0) is 31.0 Å². The zero-order valence-electron chi connectivity index (χ0n) is 11.8. The zero-order chi connectivity index (χ0) is 14.8. The average Bonchev–Trinajstić information content (AvgIpc) is 2.38. The molecule has 0 amide bonds. The first-order valence-electron chi connectivity index (χ1n) is 6.81. The van der Waals surface area contributed by atoms with E-state index >= 15 is 0 Å². The number of benzene rings is 1. The minimum Gasteiger partial charge on any atom is -0.368 e. The van der Waals surface area contributed by atoms with Crippen LogP contribution >= 0.6 is 0 Å². The summed E-state index contributed by atoms with van der Waals surface area (Å²) in [6.45, 7) is 4.36. The fraction of sp³-hybridized carbons (Fsp3) is 0.571. The van der Waals surface area contributed by atoms with Gasteiger partial charge in [-0.2, -0.15) is 4.31 Å². The predicted molar refractivity (Wildman–Crippen MR) is 75.3 cm³/mol. The minimum atomic E-state index is -3.24. The number of sulfonamides is 1. The zero-order valence-corrected chi connectivity index (χ0v) is 12.6. The lowest BCUT2D eigenvalue weighted by molar-refractivity contribution is -0.0557. The second-order valence-corrected chi connectivity index (χ2v) is 7.21. The highest BCUT2D eigenvalue weighted by molar-refractivity contribution is 7.89. The Morgan fingerprint density at radius 2 is 1.95 bits per heavy atom. The molecule has 1 aromatic rings. The molecule has 4 nitrogen and oxygen atoms in total. The van der Waals surface area contributed by atoms with Gasteiger partial charge in [0.05, 0.1) is 18.0 Å². The lowest BCUT2D eigenvalue weighted by Gasteiger charge is -2.36. The van der Waals surface area contributed by atoms with Crippen LogP contribution in [0, 0.1) is 5.82 Å². The molecule has 1 saturated heterocycles. The predicted octanol–water partition coefficient (Wildman–Crippen LogP) is 2.33. The van der Waals surface area contributed by atoms with E-state index in [1.807, 2.05) is 13.8 Å². The van der Waals surface area contributed by atoms with Crippen LogP contribution in [0.3, 0.4) is 0 Å². The van der Waals surface area contributed by atoms with Gasteiger partial charge < -0.3 is 4.74 Å². The van der Waals surface area contributed by atoms with Gasteiger partial charge >= 0.3 is 0 Å². The highest BCUT2D eigenvalue weighted by Gasteiger charge is 2.32. The first-order valence-corrected chi connectivity index (χ1v) is 8.42. The van der Waals surface area contributed by atoms with Crippen molar-refractivity contribution in [2.75, 3.05) is 18.8 Å². The number of rotatable bonds is 4. The standard InChI is InChI=1S/C14H20FNO3S/c1-3-8-20(17,18)16-9-11(2)19-14(10-16)12-4-6-13(15)7-5-12/h4-7,11,14H,3,8-10H2,1-2H3. The number of nitrogens with zero attached hydrogens (tertiary/aromatic N) is 1. The Kier molecular flexibility index (Phi) is 4.78. The Morgan fingerprint density at radius 3 is 2.55 bits per heavy atom. The van der Waals surface area contributed by atoms with Crippen LogP contribution in [0.1, 0.15) is 31.9 Å². The molecule has 6 heteroatoms. The molecule has 0 saturated carbocycles. The number of halogens is 1. The van der Waals surface area contributed by atoms with Gasteiger partial charge in [0.15, 0.2) is 0 Å². The van der Waals surface area contributed by atoms with Crippen molar-refractivity contribution < 1.29 is 17.5 Å². The lowest BCUT2D eigenvalue weighted by atomic mass is 10.1. The van der Waals surface area contributed by atoms with Crippen LogP contribution < -0.4 is 0 Å². The molecular weight excluding hydrogens is 281 g/mol. The second kappa shape index (κ2) is 6.20. The molecule has 1 aliphatic heterocycles. The summed E-state index contributed by atoms with van der Waals surface area (Å²) in [5, 5.41) is 0. The van der Waals surface area contributed by atoms with Crippen molar-refractivity contribution in [1.29, 1.82) is 0 Å². The first kappa shape index (κ1) is 15.4. The highest BCUT2D eigenvalue weighted by atomic mass is 32.2. The van der Waals surface area contributed by atoms with E-state index in [-0.39, 0.29) is 30.3 Å². The summed E-state index contributed by atoms with van der Waals surface area (Å²) in [6.07, 6.45) is 0.0753. The first-order chi connectivity index (χ1) is 9.42. The van der Waals surface area contributed by atoms with Crippen LogP contribution in [0.4, 0.5) is 4.39 Å². The fourth-order valence-corrected chi connectivity index (χ4v) is 3.96. The summed E-state index contributed by atoms with van der Waals surface area (Å²) < 4.78 is 44.6. The largest absolute Gasteiger partial charge is 0.368 e. The molecule has 1 fully saturated rings. The van der Waals surface area contributed by atoms with E-state index in [1.54, 1.807) is 12.1 Å². The normalized spacial score (nSPS) is 24.8. The Morgan fingerprint density at radius 1 is 1.30 bits per heavy atom. The summed E-state index contributed by atoms with van der Waals surface area (Å²) in [6, 6.07) is 6.01. The SMILES string of the molecule is CCCS(=O)(=O)N1CC(C)OC(c2ccc(F)cc2)C1. The molecule has 0 aliphatic carbocycles. The molecule has 0 N–H and O–H groups in total. The smallest absolute Gasteiger partial charge is 0.214 e. The fourth-order valence-electron chi connectivity index (χ4n) is 2.39. The van der Waals surface area contributed by atoms with Crippen LogP contribution in [0.5, 0.6) is 0 Å². The van der Waals surface area contributed by atoms with E-state index in [1.165, 1.54) is 16.4 Å². The summed E-state index contributed by atoms with van der Waals surface area (Å²) in [7, 11) is -3.24. The third-order valence-electron chi connectivity index (χ3n) is 3.32. The van der Waals surface area contributed by atoms with Gasteiger partial charge in [-0.15, -0.1) is 0 Å². The van der Waals surface area contributed by atoms with Crippen molar-refractivity contribution in [3.8, 4) is 0 Å². The van der Waals surface area contributed by atoms with Gasteiger partial charge in [-0.1, -0.05) is 19.1 Å².